The Balaban J connectivity index is 1.99. The summed E-state index contributed by atoms with van der Waals surface area (Å²) in [7, 11) is -1.58. The van der Waals surface area contributed by atoms with Crippen LogP contribution in [0.2, 0.25) is 0 Å². The zero-order valence-electron chi connectivity index (χ0n) is 11.5. The highest BCUT2D eigenvalue weighted by Crippen LogP contribution is 2.19. The molecule has 1 unspecified atom stereocenters. The Kier molecular flexibility index (Phi) is 5.55. The number of nitrogens with one attached hydrogen (secondary N) is 2. The van der Waals surface area contributed by atoms with Gasteiger partial charge in [-0.1, -0.05) is 6.42 Å². The van der Waals surface area contributed by atoms with E-state index >= 15 is 0 Å². The quantitative estimate of drug-likeness (QED) is 0.690. The molecule has 0 aliphatic carbocycles. The number of piperidine rings is 1. The van der Waals surface area contributed by atoms with Gasteiger partial charge < -0.3 is 10.1 Å². The number of hydrogen-bond donors (Lipinski definition) is 2. The van der Waals surface area contributed by atoms with Gasteiger partial charge in [0.2, 0.25) is 0 Å². The molecular formula is C11H24N4O3S. The predicted molar refractivity (Wildman–Crippen MR) is 72.7 cm³/mol. The summed E-state index contributed by atoms with van der Waals surface area (Å²) in [6.45, 7) is 3.65. The molecule has 0 spiro atoms. The van der Waals surface area contributed by atoms with Gasteiger partial charge in [-0.2, -0.15) is 12.7 Å². The van der Waals surface area contributed by atoms with Gasteiger partial charge in [0.15, 0.2) is 0 Å². The third kappa shape index (κ3) is 4.11. The maximum atomic E-state index is 12.4. The van der Waals surface area contributed by atoms with E-state index in [0.29, 0.717) is 39.4 Å². The second-order valence-corrected chi connectivity index (χ2v) is 6.62. The summed E-state index contributed by atoms with van der Waals surface area (Å²) >= 11 is 0. The minimum atomic E-state index is -3.44. The second-order valence-electron chi connectivity index (χ2n) is 5.01. The van der Waals surface area contributed by atoms with Crippen molar-refractivity contribution in [1.82, 2.24) is 19.5 Å². The molecule has 2 saturated heterocycles. The summed E-state index contributed by atoms with van der Waals surface area (Å²) < 4.78 is 31.7. The van der Waals surface area contributed by atoms with Crippen LogP contribution in [0, 0.1) is 0 Å². The van der Waals surface area contributed by atoms with Gasteiger partial charge in [0.1, 0.15) is 0 Å². The molecule has 0 radical (unpaired) electrons. The van der Waals surface area contributed by atoms with Gasteiger partial charge in [0, 0.05) is 32.2 Å². The van der Waals surface area contributed by atoms with Gasteiger partial charge in [0.05, 0.1) is 13.2 Å². The third-order valence-corrected chi connectivity index (χ3v) is 5.16. The molecule has 2 fully saturated rings. The summed E-state index contributed by atoms with van der Waals surface area (Å²) in [5.74, 6) is 0. The van der Waals surface area contributed by atoms with Crippen LogP contribution < -0.4 is 10.1 Å². The van der Waals surface area contributed by atoms with Crippen molar-refractivity contribution in [3.05, 3.63) is 0 Å². The van der Waals surface area contributed by atoms with Crippen molar-refractivity contribution in [2.45, 2.75) is 25.3 Å². The molecule has 0 aromatic heterocycles. The topological polar surface area (TPSA) is 73.9 Å². The van der Waals surface area contributed by atoms with E-state index in [1.165, 1.54) is 0 Å². The Morgan fingerprint density at radius 2 is 1.95 bits per heavy atom. The lowest BCUT2D eigenvalue weighted by Crippen LogP contribution is -2.57. The van der Waals surface area contributed by atoms with Crippen molar-refractivity contribution >= 4 is 10.2 Å². The van der Waals surface area contributed by atoms with Crippen molar-refractivity contribution in [2.75, 3.05) is 46.4 Å². The Labute approximate surface area is 115 Å². The van der Waals surface area contributed by atoms with E-state index < -0.39 is 10.2 Å². The van der Waals surface area contributed by atoms with E-state index in [9.17, 15) is 8.42 Å². The lowest BCUT2D eigenvalue weighted by Gasteiger charge is -2.36. The van der Waals surface area contributed by atoms with Crippen LogP contribution >= 0.6 is 0 Å². The maximum absolute atomic E-state index is 12.4. The summed E-state index contributed by atoms with van der Waals surface area (Å²) in [4.78, 5) is 2.68. The highest BCUT2D eigenvalue weighted by Gasteiger charge is 2.33. The van der Waals surface area contributed by atoms with Crippen LogP contribution in [0.4, 0.5) is 0 Å². The molecule has 19 heavy (non-hydrogen) atoms. The van der Waals surface area contributed by atoms with Gasteiger partial charge in [-0.05, 0) is 19.9 Å². The van der Waals surface area contributed by atoms with Crippen LogP contribution in [-0.2, 0) is 14.9 Å². The fourth-order valence-corrected chi connectivity index (χ4v) is 4.16. The summed E-state index contributed by atoms with van der Waals surface area (Å²) in [6.07, 6.45) is 2.95. The van der Waals surface area contributed by atoms with Gasteiger partial charge in [0.25, 0.3) is 10.2 Å². The highest BCUT2D eigenvalue weighted by atomic mass is 32.2. The Hall–Kier alpha value is -0.250. The first-order valence-corrected chi connectivity index (χ1v) is 8.34. The van der Waals surface area contributed by atoms with Gasteiger partial charge in [-0.25, -0.2) is 5.01 Å². The first-order chi connectivity index (χ1) is 9.13. The minimum absolute atomic E-state index is 0.0530. The maximum Gasteiger partial charge on any atom is 0.292 e. The lowest BCUT2D eigenvalue weighted by atomic mass is 10.1. The summed E-state index contributed by atoms with van der Waals surface area (Å²) in [6, 6.07) is 0.0530. The zero-order valence-corrected chi connectivity index (χ0v) is 12.3. The van der Waals surface area contributed by atoms with Crippen LogP contribution in [0.15, 0.2) is 0 Å². The van der Waals surface area contributed by atoms with Crippen molar-refractivity contribution in [2.24, 2.45) is 0 Å². The van der Waals surface area contributed by atoms with E-state index in [1.807, 2.05) is 7.05 Å². The van der Waals surface area contributed by atoms with Crippen molar-refractivity contribution < 1.29 is 13.2 Å². The molecule has 7 nitrogen and oxygen atoms in total. The summed E-state index contributed by atoms with van der Waals surface area (Å²) in [5, 5.41) is 4.80. The molecule has 0 bridgehead atoms. The number of rotatable bonds is 5. The Morgan fingerprint density at radius 1 is 1.21 bits per heavy atom. The molecule has 2 rings (SSSR count). The summed E-state index contributed by atoms with van der Waals surface area (Å²) in [5.41, 5.74) is 0. The monoisotopic (exact) mass is 292 g/mol. The fourth-order valence-electron chi connectivity index (χ4n) is 2.60. The second kappa shape index (κ2) is 6.96. The molecule has 2 aliphatic heterocycles. The minimum Gasteiger partial charge on any atom is -0.379 e. The first kappa shape index (κ1) is 15.1. The van der Waals surface area contributed by atoms with Crippen LogP contribution in [0.25, 0.3) is 0 Å². The Bertz CT molecular complexity index is 368. The molecule has 2 N–H and O–H groups in total. The van der Waals surface area contributed by atoms with Crippen molar-refractivity contribution in [3.8, 4) is 0 Å². The number of hydrogen-bond acceptors (Lipinski definition) is 5. The molecule has 2 aliphatic rings. The average molecular weight is 292 g/mol. The van der Waals surface area contributed by atoms with Crippen LogP contribution in [0.5, 0.6) is 0 Å². The van der Waals surface area contributed by atoms with E-state index in [2.05, 4.69) is 10.1 Å². The zero-order chi connectivity index (χ0) is 13.7. The first-order valence-electron chi connectivity index (χ1n) is 6.90. The van der Waals surface area contributed by atoms with Gasteiger partial charge in [-0.3, -0.25) is 0 Å². The predicted octanol–water partition coefficient (Wildman–Crippen LogP) is -0.858. The highest BCUT2D eigenvalue weighted by molar-refractivity contribution is 7.87. The van der Waals surface area contributed by atoms with E-state index in [-0.39, 0.29) is 6.04 Å². The molecule has 0 aromatic carbocycles. The molecule has 8 heteroatoms. The van der Waals surface area contributed by atoms with Crippen LogP contribution in [0.1, 0.15) is 19.3 Å². The average Bonchev–Trinajstić information content (AvgIpc) is 2.40. The molecule has 2 heterocycles. The number of likely N-dealkylation sites (N-methyl/N-ethyl adjacent to an activating group) is 1. The third-order valence-electron chi connectivity index (χ3n) is 3.58. The number of ether oxygens (including phenoxy) is 1. The normalized spacial score (nSPS) is 27.5. The van der Waals surface area contributed by atoms with Crippen LogP contribution in [0.3, 0.4) is 0 Å². The molecule has 0 saturated carbocycles. The largest absolute Gasteiger partial charge is 0.379 e. The Morgan fingerprint density at radius 3 is 2.63 bits per heavy atom. The molecular weight excluding hydrogens is 268 g/mol. The van der Waals surface area contributed by atoms with E-state index in [4.69, 9.17) is 4.74 Å². The van der Waals surface area contributed by atoms with Gasteiger partial charge >= 0.3 is 0 Å². The lowest BCUT2D eigenvalue weighted by molar-refractivity contribution is 0.0256. The molecule has 0 amide bonds. The van der Waals surface area contributed by atoms with Crippen molar-refractivity contribution in [3.63, 3.8) is 0 Å². The molecule has 112 valence electrons. The standard InChI is InChI=1S/C11H24N4O3S/c1-12-10-11-4-2-3-5-15(11)19(16,17)13-14-6-8-18-9-7-14/h11-13H,2-10H2,1H3. The van der Waals surface area contributed by atoms with Crippen LogP contribution in [-0.4, -0.2) is 70.2 Å². The number of nitrogens with zero attached hydrogens (tertiary/aromatic N) is 2. The molecule has 1 atom stereocenters. The molecule has 0 aromatic rings. The van der Waals surface area contributed by atoms with E-state index in [0.717, 1.165) is 19.3 Å². The van der Waals surface area contributed by atoms with Gasteiger partial charge in [-0.15, -0.1) is 4.83 Å². The van der Waals surface area contributed by atoms with Crippen molar-refractivity contribution in [1.29, 1.82) is 0 Å². The fraction of sp³-hybridized carbons (Fsp3) is 1.00. The number of morpholine rings is 1. The SMILES string of the molecule is CNCC1CCCCN1S(=O)(=O)NN1CCOCC1. The van der Waals surface area contributed by atoms with E-state index in [1.54, 1.807) is 9.31 Å². The smallest absolute Gasteiger partial charge is 0.292 e. The number of hydrazine groups is 1.